The molecule has 0 bridgehead atoms. The molecule has 0 saturated heterocycles. The first kappa shape index (κ1) is 19.6. The zero-order chi connectivity index (χ0) is 20.1. The third-order valence-electron chi connectivity index (χ3n) is 4.41. The van der Waals surface area contributed by atoms with Crippen LogP contribution in [-0.4, -0.2) is 45.7 Å². The van der Waals surface area contributed by atoms with Crippen molar-refractivity contribution in [3.8, 4) is 28.7 Å². The summed E-state index contributed by atoms with van der Waals surface area (Å²) in [6.07, 6.45) is -0.398. The van der Waals surface area contributed by atoms with E-state index in [1.807, 2.05) is 0 Å². The fourth-order valence-corrected chi connectivity index (χ4v) is 2.92. The SMILES string of the molecule is COc1cc(C(=O)NCCC(O)c2ccc3c(c2)OCO3)cc(OC)c1OC. The van der Waals surface area contributed by atoms with Gasteiger partial charge in [0.1, 0.15) is 0 Å². The van der Waals surface area contributed by atoms with E-state index in [2.05, 4.69) is 5.32 Å². The molecule has 0 fully saturated rings. The lowest BCUT2D eigenvalue weighted by Crippen LogP contribution is -2.25. The Kier molecular flexibility index (Phi) is 6.10. The van der Waals surface area contributed by atoms with Crippen molar-refractivity contribution in [1.29, 1.82) is 0 Å². The number of methoxy groups -OCH3 is 3. The highest BCUT2D eigenvalue weighted by molar-refractivity contribution is 5.95. The Morgan fingerprint density at radius 2 is 1.75 bits per heavy atom. The molecular weight excluding hydrogens is 366 g/mol. The number of fused-ring (bicyclic) bond motifs is 1. The number of ether oxygens (including phenoxy) is 5. The van der Waals surface area contributed by atoms with Gasteiger partial charge >= 0.3 is 0 Å². The summed E-state index contributed by atoms with van der Waals surface area (Å²) in [4.78, 5) is 12.5. The molecule has 2 aromatic carbocycles. The van der Waals surface area contributed by atoms with Crippen LogP contribution in [0.2, 0.25) is 0 Å². The number of amides is 1. The molecule has 3 rings (SSSR count). The monoisotopic (exact) mass is 389 g/mol. The highest BCUT2D eigenvalue weighted by Gasteiger charge is 2.19. The van der Waals surface area contributed by atoms with Crippen molar-refractivity contribution in [2.24, 2.45) is 0 Å². The molecule has 1 amide bonds. The van der Waals surface area contributed by atoms with Gasteiger partial charge in [0.15, 0.2) is 23.0 Å². The average molecular weight is 389 g/mol. The lowest BCUT2D eigenvalue weighted by atomic mass is 10.1. The van der Waals surface area contributed by atoms with E-state index in [1.165, 1.54) is 21.3 Å². The number of carbonyl (C=O) groups excluding carboxylic acids is 1. The van der Waals surface area contributed by atoms with E-state index >= 15 is 0 Å². The molecule has 2 N–H and O–H groups in total. The zero-order valence-corrected chi connectivity index (χ0v) is 16.0. The van der Waals surface area contributed by atoms with Crippen LogP contribution in [0.3, 0.4) is 0 Å². The van der Waals surface area contributed by atoms with Crippen molar-refractivity contribution < 1.29 is 33.6 Å². The predicted molar refractivity (Wildman–Crippen MR) is 101 cm³/mol. The second kappa shape index (κ2) is 8.71. The maximum absolute atomic E-state index is 12.5. The third kappa shape index (κ3) is 4.07. The molecule has 1 unspecified atom stereocenters. The van der Waals surface area contributed by atoms with Crippen LogP contribution in [0.25, 0.3) is 0 Å². The quantitative estimate of drug-likeness (QED) is 0.715. The van der Waals surface area contributed by atoms with Gasteiger partial charge in [-0.3, -0.25) is 4.79 Å². The summed E-state index contributed by atoms with van der Waals surface area (Å²) in [6.45, 7) is 0.463. The van der Waals surface area contributed by atoms with E-state index in [0.717, 1.165) is 0 Å². The number of aliphatic hydroxyl groups excluding tert-OH is 1. The maximum Gasteiger partial charge on any atom is 0.251 e. The second-order valence-corrected chi connectivity index (χ2v) is 6.09. The highest BCUT2D eigenvalue weighted by Crippen LogP contribution is 2.38. The lowest BCUT2D eigenvalue weighted by Gasteiger charge is -2.15. The number of benzene rings is 2. The molecule has 0 radical (unpaired) electrons. The minimum Gasteiger partial charge on any atom is -0.493 e. The normalized spacial score (nSPS) is 13.0. The molecule has 8 nitrogen and oxygen atoms in total. The molecule has 0 saturated carbocycles. The second-order valence-electron chi connectivity index (χ2n) is 6.09. The highest BCUT2D eigenvalue weighted by atomic mass is 16.7. The maximum atomic E-state index is 12.5. The van der Waals surface area contributed by atoms with E-state index in [1.54, 1.807) is 30.3 Å². The van der Waals surface area contributed by atoms with Gasteiger partial charge in [0.2, 0.25) is 12.5 Å². The number of hydrogen-bond acceptors (Lipinski definition) is 7. The van der Waals surface area contributed by atoms with Gasteiger partial charge in [-0.25, -0.2) is 0 Å². The molecule has 0 aliphatic carbocycles. The van der Waals surface area contributed by atoms with Crippen LogP contribution in [0.1, 0.15) is 28.4 Å². The third-order valence-corrected chi connectivity index (χ3v) is 4.41. The van der Waals surface area contributed by atoms with E-state index in [4.69, 9.17) is 23.7 Å². The van der Waals surface area contributed by atoms with Gasteiger partial charge < -0.3 is 34.1 Å². The molecule has 1 aliphatic heterocycles. The molecule has 150 valence electrons. The lowest BCUT2D eigenvalue weighted by molar-refractivity contribution is 0.0941. The topological polar surface area (TPSA) is 95.5 Å². The van der Waals surface area contributed by atoms with Gasteiger partial charge in [0.05, 0.1) is 27.4 Å². The van der Waals surface area contributed by atoms with E-state index in [-0.39, 0.29) is 19.2 Å². The molecule has 28 heavy (non-hydrogen) atoms. The van der Waals surface area contributed by atoms with Gasteiger partial charge in [-0.15, -0.1) is 0 Å². The van der Waals surface area contributed by atoms with Crippen LogP contribution in [0.5, 0.6) is 28.7 Å². The van der Waals surface area contributed by atoms with Gasteiger partial charge in [0.25, 0.3) is 5.91 Å². The molecule has 1 aliphatic rings. The minimum absolute atomic E-state index is 0.180. The molecule has 2 aromatic rings. The van der Waals surface area contributed by atoms with E-state index in [0.29, 0.717) is 46.3 Å². The van der Waals surface area contributed by atoms with Crippen molar-refractivity contribution in [3.63, 3.8) is 0 Å². The summed E-state index contributed by atoms with van der Waals surface area (Å²) in [6, 6.07) is 8.43. The zero-order valence-electron chi connectivity index (χ0n) is 16.0. The summed E-state index contributed by atoms with van der Waals surface area (Å²) in [5.74, 6) is 2.17. The minimum atomic E-state index is -0.741. The summed E-state index contributed by atoms with van der Waals surface area (Å²) < 4.78 is 26.3. The summed E-state index contributed by atoms with van der Waals surface area (Å²) in [5.41, 5.74) is 1.07. The molecule has 8 heteroatoms. The molecule has 0 aromatic heterocycles. The first-order valence-corrected chi connectivity index (χ1v) is 8.73. The Bertz CT molecular complexity index is 827. The number of nitrogens with one attached hydrogen (secondary N) is 1. The van der Waals surface area contributed by atoms with Crippen LogP contribution >= 0.6 is 0 Å². The molecule has 1 heterocycles. The van der Waals surface area contributed by atoms with Gasteiger partial charge in [0, 0.05) is 12.1 Å². The van der Waals surface area contributed by atoms with E-state index in [9.17, 15) is 9.90 Å². The number of carbonyl (C=O) groups is 1. The van der Waals surface area contributed by atoms with Crippen molar-refractivity contribution in [2.75, 3.05) is 34.7 Å². The number of rotatable bonds is 8. The molecular formula is C20H23NO7. The fraction of sp³-hybridized carbons (Fsp3) is 0.350. The number of hydrogen-bond donors (Lipinski definition) is 2. The van der Waals surface area contributed by atoms with Crippen LogP contribution in [-0.2, 0) is 0 Å². The van der Waals surface area contributed by atoms with Gasteiger partial charge in [-0.1, -0.05) is 6.07 Å². The van der Waals surface area contributed by atoms with Crippen LogP contribution < -0.4 is 29.0 Å². The van der Waals surface area contributed by atoms with Crippen LogP contribution in [0.15, 0.2) is 30.3 Å². The standard InChI is InChI=1S/C20H23NO7/c1-24-17-9-13(10-18(25-2)19(17)26-3)20(23)21-7-6-14(22)12-4-5-15-16(8-12)28-11-27-15/h4-5,8-10,14,22H,6-7,11H2,1-3H3,(H,21,23). The van der Waals surface area contributed by atoms with Crippen LogP contribution in [0, 0.1) is 0 Å². The van der Waals surface area contributed by atoms with Crippen molar-refractivity contribution >= 4 is 5.91 Å². The van der Waals surface area contributed by atoms with Gasteiger partial charge in [-0.2, -0.15) is 0 Å². The Morgan fingerprint density at radius 3 is 2.39 bits per heavy atom. The van der Waals surface area contributed by atoms with Gasteiger partial charge in [-0.05, 0) is 36.2 Å². The largest absolute Gasteiger partial charge is 0.493 e. The Morgan fingerprint density at radius 1 is 1.07 bits per heavy atom. The Balaban J connectivity index is 1.61. The number of aliphatic hydroxyl groups is 1. The Hall–Kier alpha value is -3.13. The van der Waals surface area contributed by atoms with Crippen LogP contribution in [0.4, 0.5) is 0 Å². The first-order chi connectivity index (χ1) is 13.6. The van der Waals surface area contributed by atoms with Crippen molar-refractivity contribution in [1.82, 2.24) is 5.32 Å². The van der Waals surface area contributed by atoms with Crippen molar-refractivity contribution in [2.45, 2.75) is 12.5 Å². The van der Waals surface area contributed by atoms with E-state index < -0.39 is 6.10 Å². The summed E-state index contributed by atoms with van der Waals surface area (Å²) in [5, 5.41) is 13.1. The molecule has 0 spiro atoms. The Labute approximate surface area is 162 Å². The summed E-state index contributed by atoms with van der Waals surface area (Å²) in [7, 11) is 4.47. The summed E-state index contributed by atoms with van der Waals surface area (Å²) >= 11 is 0. The van der Waals surface area contributed by atoms with Crippen molar-refractivity contribution in [3.05, 3.63) is 41.5 Å². The predicted octanol–water partition coefficient (Wildman–Crippen LogP) is 2.29. The smallest absolute Gasteiger partial charge is 0.251 e. The molecule has 1 atom stereocenters. The average Bonchev–Trinajstić information content (AvgIpc) is 3.20. The fourth-order valence-electron chi connectivity index (χ4n) is 2.92. The first-order valence-electron chi connectivity index (χ1n) is 8.73.